The maximum atomic E-state index is 5.85. The number of aryl methyl sites for hydroxylation is 1. The standard InChI is InChI=1S/C13H13BrN2O/c1-9-3-2-6-16-12(9)8-17-13-5-4-10(14)7-11(13)15/h2-7H,8,15H2,1H3. The van der Waals surface area contributed by atoms with Crippen LogP contribution in [0, 0.1) is 6.92 Å². The summed E-state index contributed by atoms with van der Waals surface area (Å²) in [5.74, 6) is 0.679. The number of hydrogen-bond donors (Lipinski definition) is 1. The molecule has 0 amide bonds. The van der Waals surface area contributed by atoms with Gasteiger partial charge in [0.25, 0.3) is 0 Å². The fourth-order valence-electron chi connectivity index (χ4n) is 1.47. The minimum Gasteiger partial charge on any atom is -0.485 e. The summed E-state index contributed by atoms with van der Waals surface area (Å²) in [7, 11) is 0. The van der Waals surface area contributed by atoms with Crippen molar-refractivity contribution in [2.45, 2.75) is 13.5 Å². The first-order chi connectivity index (χ1) is 8.16. The molecule has 0 unspecified atom stereocenters. The van der Waals surface area contributed by atoms with Crippen molar-refractivity contribution in [1.82, 2.24) is 4.98 Å². The Balaban J connectivity index is 2.10. The van der Waals surface area contributed by atoms with E-state index in [1.54, 1.807) is 6.20 Å². The third kappa shape index (κ3) is 2.97. The van der Waals surface area contributed by atoms with Crippen molar-refractivity contribution >= 4 is 21.6 Å². The van der Waals surface area contributed by atoms with E-state index in [-0.39, 0.29) is 0 Å². The molecule has 0 aliphatic carbocycles. The SMILES string of the molecule is Cc1cccnc1COc1ccc(Br)cc1N. The number of pyridine rings is 1. The van der Waals surface area contributed by atoms with Crippen molar-refractivity contribution in [3.8, 4) is 5.75 Å². The van der Waals surface area contributed by atoms with Crippen molar-refractivity contribution in [3.63, 3.8) is 0 Å². The number of hydrogen-bond acceptors (Lipinski definition) is 3. The Kier molecular flexibility index (Phi) is 3.64. The summed E-state index contributed by atoms with van der Waals surface area (Å²) >= 11 is 3.36. The van der Waals surface area contributed by atoms with E-state index in [1.807, 2.05) is 37.3 Å². The Bertz CT molecular complexity index is 529. The molecule has 1 aromatic heterocycles. The topological polar surface area (TPSA) is 48.1 Å². The minimum absolute atomic E-state index is 0.429. The summed E-state index contributed by atoms with van der Waals surface area (Å²) in [5.41, 5.74) is 8.51. The maximum absolute atomic E-state index is 5.85. The largest absolute Gasteiger partial charge is 0.485 e. The molecule has 0 aliphatic heterocycles. The highest BCUT2D eigenvalue weighted by molar-refractivity contribution is 9.10. The number of ether oxygens (including phenoxy) is 1. The summed E-state index contributed by atoms with van der Waals surface area (Å²) in [6.07, 6.45) is 1.76. The number of nitrogens with two attached hydrogens (primary N) is 1. The summed E-state index contributed by atoms with van der Waals surface area (Å²) < 4.78 is 6.59. The van der Waals surface area contributed by atoms with Crippen molar-refractivity contribution in [1.29, 1.82) is 0 Å². The zero-order valence-corrected chi connectivity index (χ0v) is 11.1. The molecule has 17 heavy (non-hydrogen) atoms. The first-order valence-electron chi connectivity index (χ1n) is 5.25. The fraction of sp³-hybridized carbons (Fsp3) is 0.154. The minimum atomic E-state index is 0.429. The van der Waals surface area contributed by atoms with Gasteiger partial charge in [-0.3, -0.25) is 4.98 Å². The van der Waals surface area contributed by atoms with Gasteiger partial charge in [0.1, 0.15) is 12.4 Å². The van der Waals surface area contributed by atoms with Crippen LogP contribution in [0.3, 0.4) is 0 Å². The Hall–Kier alpha value is -1.55. The smallest absolute Gasteiger partial charge is 0.142 e. The Morgan fingerprint density at radius 3 is 2.88 bits per heavy atom. The monoisotopic (exact) mass is 292 g/mol. The average molecular weight is 293 g/mol. The zero-order valence-electron chi connectivity index (χ0n) is 9.48. The van der Waals surface area contributed by atoms with Crippen LogP contribution in [0.2, 0.25) is 0 Å². The molecule has 2 rings (SSSR count). The number of halogens is 1. The van der Waals surface area contributed by atoms with Crippen LogP contribution in [0.25, 0.3) is 0 Å². The van der Waals surface area contributed by atoms with Crippen LogP contribution in [0.4, 0.5) is 5.69 Å². The molecule has 0 aliphatic rings. The lowest BCUT2D eigenvalue weighted by Crippen LogP contribution is -2.02. The van der Waals surface area contributed by atoms with Crippen molar-refractivity contribution in [2.24, 2.45) is 0 Å². The predicted octanol–water partition coefficient (Wildman–Crippen LogP) is 3.31. The van der Waals surface area contributed by atoms with Gasteiger partial charge in [-0.15, -0.1) is 0 Å². The van der Waals surface area contributed by atoms with Crippen molar-refractivity contribution < 1.29 is 4.74 Å². The molecule has 0 saturated carbocycles. The van der Waals surface area contributed by atoms with E-state index in [2.05, 4.69) is 20.9 Å². The molecule has 2 N–H and O–H groups in total. The zero-order chi connectivity index (χ0) is 12.3. The van der Waals surface area contributed by atoms with E-state index >= 15 is 0 Å². The van der Waals surface area contributed by atoms with Gasteiger partial charge in [0, 0.05) is 10.7 Å². The van der Waals surface area contributed by atoms with E-state index in [1.165, 1.54) is 0 Å². The van der Waals surface area contributed by atoms with Gasteiger partial charge in [0.05, 0.1) is 11.4 Å². The number of nitrogens with zero attached hydrogens (tertiary/aromatic N) is 1. The van der Waals surface area contributed by atoms with Gasteiger partial charge in [0.15, 0.2) is 0 Å². The van der Waals surface area contributed by atoms with E-state index in [9.17, 15) is 0 Å². The first kappa shape index (κ1) is 11.9. The molecule has 1 aromatic carbocycles. The quantitative estimate of drug-likeness (QED) is 0.883. The number of benzene rings is 1. The molecule has 0 bridgehead atoms. The van der Waals surface area contributed by atoms with Crippen molar-refractivity contribution in [3.05, 3.63) is 52.3 Å². The average Bonchev–Trinajstić information content (AvgIpc) is 2.30. The van der Waals surface area contributed by atoms with Crippen LogP contribution in [0.15, 0.2) is 41.0 Å². The highest BCUT2D eigenvalue weighted by atomic mass is 79.9. The van der Waals surface area contributed by atoms with Crippen molar-refractivity contribution in [2.75, 3.05) is 5.73 Å². The van der Waals surface area contributed by atoms with Gasteiger partial charge in [-0.2, -0.15) is 0 Å². The molecule has 0 fully saturated rings. The summed E-state index contributed by atoms with van der Waals surface area (Å²) in [5, 5.41) is 0. The van der Waals surface area contributed by atoms with E-state index < -0.39 is 0 Å². The molecular formula is C13H13BrN2O. The second-order valence-electron chi connectivity index (χ2n) is 3.74. The molecule has 0 spiro atoms. The van der Waals surface area contributed by atoms with Gasteiger partial charge in [0.2, 0.25) is 0 Å². The number of rotatable bonds is 3. The predicted molar refractivity (Wildman–Crippen MR) is 71.9 cm³/mol. The molecular weight excluding hydrogens is 280 g/mol. The number of anilines is 1. The fourth-order valence-corrected chi connectivity index (χ4v) is 1.85. The van der Waals surface area contributed by atoms with Gasteiger partial charge in [-0.1, -0.05) is 22.0 Å². The van der Waals surface area contributed by atoms with Crippen LogP contribution in [-0.4, -0.2) is 4.98 Å². The molecule has 0 atom stereocenters. The van der Waals surface area contributed by atoms with E-state index in [0.29, 0.717) is 18.0 Å². The second kappa shape index (κ2) is 5.19. The summed E-state index contributed by atoms with van der Waals surface area (Å²) in [6.45, 7) is 2.44. The highest BCUT2D eigenvalue weighted by Crippen LogP contribution is 2.25. The maximum Gasteiger partial charge on any atom is 0.142 e. The summed E-state index contributed by atoms with van der Waals surface area (Å²) in [6, 6.07) is 9.48. The molecule has 0 saturated heterocycles. The van der Waals surface area contributed by atoms with E-state index in [0.717, 1.165) is 15.7 Å². The van der Waals surface area contributed by atoms with Crippen LogP contribution in [-0.2, 0) is 6.61 Å². The van der Waals surface area contributed by atoms with Crippen LogP contribution in [0.1, 0.15) is 11.3 Å². The lowest BCUT2D eigenvalue weighted by Gasteiger charge is -2.09. The molecule has 88 valence electrons. The Morgan fingerprint density at radius 2 is 2.18 bits per heavy atom. The molecule has 4 heteroatoms. The van der Waals surface area contributed by atoms with E-state index in [4.69, 9.17) is 10.5 Å². The Labute approximate surface area is 109 Å². The van der Waals surface area contributed by atoms with Gasteiger partial charge in [-0.25, -0.2) is 0 Å². The normalized spacial score (nSPS) is 10.2. The number of nitrogen functional groups attached to an aromatic ring is 1. The van der Waals surface area contributed by atoms with Gasteiger partial charge < -0.3 is 10.5 Å². The lowest BCUT2D eigenvalue weighted by molar-refractivity contribution is 0.302. The molecule has 1 heterocycles. The van der Waals surface area contributed by atoms with Crippen LogP contribution < -0.4 is 10.5 Å². The summed E-state index contributed by atoms with van der Waals surface area (Å²) in [4.78, 5) is 4.27. The molecule has 3 nitrogen and oxygen atoms in total. The third-order valence-electron chi connectivity index (χ3n) is 2.45. The molecule has 2 aromatic rings. The Morgan fingerprint density at radius 1 is 1.35 bits per heavy atom. The number of aromatic nitrogens is 1. The van der Waals surface area contributed by atoms with Gasteiger partial charge in [-0.05, 0) is 36.8 Å². The van der Waals surface area contributed by atoms with Gasteiger partial charge >= 0.3 is 0 Å². The third-order valence-corrected chi connectivity index (χ3v) is 2.95. The second-order valence-corrected chi connectivity index (χ2v) is 4.65. The highest BCUT2D eigenvalue weighted by Gasteiger charge is 2.03. The first-order valence-corrected chi connectivity index (χ1v) is 6.04. The lowest BCUT2D eigenvalue weighted by atomic mass is 10.2. The molecule has 0 radical (unpaired) electrons. The van der Waals surface area contributed by atoms with Crippen LogP contribution in [0.5, 0.6) is 5.75 Å². The van der Waals surface area contributed by atoms with Crippen LogP contribution >= 0.6 is 15.9 Å².